The molecule has 0 aliphatic rings. The van der Waals surface area contributed by atoms with E-state index in [1.165, 1.54) is 19.3 Å². The maximum Gasteiger partial charge on any atom is -0.00996 e. The highest BCUT2D eigenvalue weighted by molar-refractivity contribution is 5.16. The van der Waals surface area contributed by atoms with Crippen molar-refractivity contribution in [3.63, 3.8) is 0 Å². The van der Waals surface area contributed by atoms with Gasteiger partial charge in [0.1, 0.15) is 0 Å². The molecule has 0 rings (SSSR count). The van der Waals surface area contributed by atoms with E-state index in [4.69, 9.17) is 0 Å². The summed E-state index contributed by atoms with van der Waals surface area (Å²) in [5.41, 5.74) is 1.61. The van der Waals surface area contributed by atoms with Crippen LogP contribution in [0.1, 0.15) is 116 Å². The summed E-state index contributed by atoms with van der Waals surface area (Å²) in [5.74, 6) is 2.44. The molecule has 24 heavy (non-hydrogen) atoms. The first-order valence-corrected chi connectivity index (χ1v) is 10.0. The fourth-order valence-electron chi connectivity index (χ4n) is 6.11. The van der Waals surface area contributed by atoms with Gasteiger partial charge in [0.15, 0.2) is 0 Å². The van der Waals surface area contributed by atoms with Gasteiger partial charge in [0.05, 0.1) is 0 Å². The average Bonchev–Trinajstić information content (AvgIpc) is 2.01. The van der Waals surface area contributed by atoms with E-state index in [0.29, 0.717) is 22.2 Å². The topological polar surface area (TPSA) is 0 Å². The fourth-order valence-corrected chi connectivity index (χ4v) is 6.11. The van der Waals surface area contributed by atoms with E-state index in [1.54, 1.807) is 5.92 Å². The van der Waals surface area contributed by atoms with E-state index in [2.05, 4.69) is 96.9 Å². The molecule has 0 fully saturated rings. The van der Waals surface area contributed by atoms with Crippen molar-refractivity contribution >= 4 is 0 Å². The SMILES string of the molecule is CC(CC(C)(C)C)[C](C(C)(C)CC(C)(C)C)C(C)(C)CC(C)(C)C. The molecule has 145 valence electrons. The Morgan fingerprint density at radius 1 is 0.542 bits per heavy atom. The maximum atomic E-state index is 2.50. The quantitative estimate of drug-likeness (QED) is 0.455. The largest absolute Gasteiger partial charge is 0.0619 e. The van der Waals surface area contributed by atoms with Gasteiger partial charge in [0, 0.05) is 0 Å². The van der Waals surface area contributed by atoms with Gasteiger partial charge in [-0.2, -0.15) is 0 Å². The zero-order valence-corrected chi connectivity index (χ0v) is 19.7. The molecule has 0 spiro atoms. The van der Waals surface area contributed by atoms with Crippen molar-refractivity contribution in [3.05, 3.63) is 5.92 Å². The summed E-state index contributed by atoms with van der Waals surface area (Å²) in [4.78, 5) is 0. The summed E-state index contributed by atoms with van der Waals surface area (Å²) in [5, 5.41) is 0. The van der Waals surface area contributed by atoms with Gasteiger partial charge in [-0.3, -0.25) is 0 Å². The van der Waals surface area contributed by atoms with E-state index in [-0.39, 0.29) is 10.8 Å². The second-order valence-corrected chi connectivity index (χ2v) is 13.3. The number of hydrogen-bond donors (Lipinski definition) is 0. The second-order valence-electron chi connectivity index (χ2n) is 13.3. The highest BCUT2D eigenvalue weighted by atomic mass is 14.5. The molecule has 0 aromatic rings. The van der Waals surface area contributed by atoms with Gasteiger partial charge in [-0.25, -0.2) is 0 Å². The Labute approximate surface area is 155 Å². The molecule has 0 heteroatoms. The summed E-state index contributed by atoms with van der Waals surface area (Å²) in [6.45, 7) is 33.9. The van der Waals surface area contributed by atoms with Crippen LogP contribution in [0.5, 0.6) is 0 Å². The second kappa shape index (κ2) is 7.32. The minimum atomic E-state index is 0.262. The van der Waals surface area contributed by atoms with Gasteiger partial charge in [-0.1, -0.05) is 96.9 Å². The molecule has 1 radical (unpaired) electrons. The van der Waals surface area contributed by atoms with Crippen LogP contribution in [-0.4, -0.2) is 0 Å². The smallest absolute Gasteiger partial charge is 0.00996 e. The van der Waals surface area contributed by atoms with Crippen LogP contribution in [0.4, 0.5) is 0 Å². The van der Waals surface area contributed by atoms with Crippen LogP contribution in [0.15, 0.2) is 0 Å². The van der Waals surface area contributed by atoms with Crippen LogP contribution in [0.25, 0.3) is 0 Å². The van der Waals surface area contributed by atoms with Crippen LogP contribution in [-0.2, 0) is 0 Å². The van der Waals surface area contributed by atoms with Crippen molar-refractivity contribution < 1.29 is 0 Å². The molecule has 0 aliphatic carbocycles. The van der Waals surface area contributed by atoms with Gasteiger partial charge < -0.3 is 0 Å². The van der Waals surface area contributed by atoms with Gasteiger partial charge in [-0.15, -0.1) is 0 Å². The molecule has 0 amide bonds. The lowest BCUT2D eigenvalue weighted by Crippen LogP contribution is -2.43. The Kier molecular flexibility index (Phi) is 7.32. The lowest BCUT2D eigenvalue weighted by atomic mass is 9.53. The molecule has 0 aliphatic heterocycles. The first-order chi connectivity index (χ1) is 10.2. The summed E-state index contributed by atoms with van der Waals surface area (Å²) in [6.07, 6.45) is 3.76. The van der Waals surface area contributed by atoms with E-state index in [9.17, 15) is 0 Å². The summed E-state index contributed by atoms with van der Waals surface area (Å²) in [7, 11) is 0. The first kappa shape index (κ1) is 24.0. The zero-order valence-electron chi connectivity index (χ0n) is 19.7. The Morgan fingerprint density at radius 2 is 0.833 bits per heavy atom. The minimum Gasteiger partial charge on any atom is -0.0619 e. The highest BCUT2D eigenvalue weighted by Gasteiger charge is 2.47. The van der Waals surface area contributed by atoms with Crippen molar-refractivity contribution in [2.24, 2.45) is 33.0 Å². The molecule has 0 aromatic heterocycles. The fraction of sp³-hybridized carbons (Fsp3) is 0.958. The molecule has 0 saturated carbocycles. The molecule has 1 unspecified atom stereocenters. The van der Waals surface area contributed by atoms with Gasteiger partial charge in [-0.05, 0) is 58.2 Å². The van der Waals surface area contributed by atoms with E-state index < -0.39 is 0 Å². The number of rotatable bonds is 6. The van der Waals surface area contributed by atoms with Gasteiger partial charge in [0.2, 0.25) is 0 Å². The third-order valence-corrected chi connectivity index (χ3v) is 4.81. The van der Waals surface area contributed by atoms with E-state index in [0.717, 1.165) is 0 Å². The van der Waals surface area contributed by atoms with Crippen molar-refractivity contribution in [2.45, 2.75) is 116 Å². The number of hydrogen-bond acceptors (Lipinski definition) is 0. The molecule has 0 nitrogen and oxygen atoms in total. The summed E-state index contributed by atoms with van der Waals surface area (Å²) >= 11 is 0. The third-order valence-electron chi connectivity index (χ3n) is 4.81. The normalized spacial score (nSPS) is 16.6. The van der Waals surface area contributed by atoms with Crippen molar-refractivity contribution in [2.75, 3.05) is 0 Å². The molecule has 0 bridgehead atoms. The van der Waals surface area contributed by atoms with Crippen LogP contribution >= 0.6 is 0 Å². The molecular formula is C24H49. The predicted octanol–water partition coefficient (Wildman–Crippen LogP) is 8.56. The lowest BCUT2D eigenvalue weighted by Gasteiger charge is -2.52. The van der Waals surface area contributed by atoms with Gasteiger partial charge >= 0.3 is 0 Å². The van der Waals surface area contributed by atoms with E-state index >= 15 is 0 Å². The van der Waals surface area contributed by atoms with Crippen molar-refractivity contribution in [3.8, 4) is 0 Å². The summed E-state index contributed by atoms with van der Waals surface area (Å²) in [6, 6.07) is 0. The zero-order chi connectivity index (χ0) is 19.8. The molecular weight excluding hydrogens is 288 g/mol. The van der Waals surface area contributed by atoms with Crippen LogP contribution < -0.4 is 0 Å². The van der Waals surface area contributed by atoms with Gasteiger partial charge in [0.25, 0.3) is 0 Å². The van der Waals surface area contributed by atoms with Crippen molar-refractivity contribution in [1.82, 2.24) is 0 Å². The monoisotopic (exact) mass is 337 g/mol. The Morgan fingerprint density at radius 3 is 1.04 bits per heavy atom. The molecule has 0 N–H and O–H groups in total. The highest BCUT2D eigenvalue weighted by Crippen LogP contribution is 2.56. The Balaban J connectivity index is 5.83. The average molecular weight is 338 g/mol. The molecule has 0 heterocycles. The lowest BCUT2D eigenvalue weighted by molar-refractivity contribution is 0.0930. The van der Waals surface area contributed by atoms with Crippen LogP contribution in [0.2, 0.25) is 0 Å². The third kappa shape index (κ3) is 8.91. The molecule has 1 atom stereocenters. The maximum absolute atomic E-state index is 2.50. The Bertz CT molecular complexity index is 348. The van der Waals surface area contributed by atoms with Crippen LogP contribution in [0, 0.1) is 38.9 Å². The molecule has 0 saturated heterocycles. The minimum absolute atomic E-state index is 0.262. The Hall–Kier alpha value is 0. The predicted molar refractivity (Wildman–Crippen MR) is 112 cm³/mol. The summed E-state index contributed by atoms with van der Waals surface area (Å²) < 4.78 is 0. The van der Waals surface area contributed by atoms with Crippen LogP contribution in [0.3, 0.4) is 0 Å². The van der Waals surface area contributed by atoms with Crippen molar-refractivity contribution in [1.29, 1.82) is 0 Å². The standard InChI is InChI=1S/C24H49/c1-18(15-20(2,3)4)19(23(11,12)16-21(5,6)7)24(13,14)17-22(8,9)10/h18H,15-17H2,1-14H3. The van der Waals surface area contributed by atoms with E-state index in [1.807, 2.05) is 0 Å². The molecule has 0 aromatic carbocycles. The first-order valence-electron chi connectivity index (χ1n) is 10.0.